The van der Waals surface area contributed by atoms with Gasteiger partial charge in [0, 0.05) is 110 Å². The fourth-order valence-corrected chi connectivity index (χ4v) is 15.3. The van der Waals surface area contributed by atoms with Crippen LogP contribution in [0.2, 0.25) is 0 Å². The van der Waals surface area contributed by atoms with Gasteiger partial charge in [0.25, 0.3) is 11.8 Å². The Labute approximate surface area is 529 Å². The molecule has 11 rings (SSSR count). The first kappa shape index (κ1) is 64.8. The standard InChI is InChI=1S/C66H85N9O16/c1-69(43-15-12-41(13-16-43)48-38-66-49(20-22-54(66)91-66)46-18-14-42-37-44(76)17-19-45(42)57(46)48)25-6-11-56(78)73-29-27-71(64(84)86-3)40-53(73)62(82)74-30-28-72(65(85)87-4)39-52(74)61(81)70(2)26-8-32-89-34-36-90-35-33-88-31-7-24-67-50-10-5-9-47-58(50)63(83)75(60(47)80)51-21-23-55(77)68-59(51)79/h5,9-10,12-13,15-16,37,46,48-49,51-54,67H,6-8,11,14,17-36,38-40H2,1-4H3,(H,68,77,79)/t46-,48+,49?,51?,52?,53?,54-,66+/m0/s1. The smallest absolute Gasteiger partial charge is 0.409 e. The number of ketones is 1. The van der Waals surface area contributed by atoms with Gasteiger partial charge in [-0.3, -0.25) is 48.6 Å². The van der Waals surface area contributed by atoms with Crippen molar-refractivity contribution in [2.75, 3.05) is 137 Å². The lowest BCUT2D eigenvalue weighted by atomic mass is 9.58. The lowest BCUT2D eigenvalue weighted by Crippen LogP contribution is -2.67. The second-order valence-corrected chi connectivity index (χ2v) is 25.2. The van der Waals surface area contributed by atoms with Crippen LogP contribution in [-0.4, -0.2) is 245 Å². The maximum Gasteiger partial charge on any atom is 0.409 e. The van der Waals surface area contributed by atoms with Crippen molar-refractivity contribution in [2.24, 2.45) is 11.8 Å². The number of benzene rings is 2. The Hall–Kier alpha value is -7.74. The van der Waals surface area contributed by atoms with Crippen molar-refractivity contribution in [3.8, 4) is 0 Å². The Kier molecular flexibility index (Phi) is 20.2. The molecule has 9 amide bonds. The SMILES string of the molecule is COC(=O)N1CCN(C(=O)CCCN(C)c2ccc([C@H]3C[C@]45O[C@H]4CCC5[C@@H]4CCC5=CC(=O)CCC5=C43)cc2)C(C(=O)N2CCN(C(=O)OC)CC2C(=O)N(C)CCCOCCOCCOCCCNc2cccc3c2C(=O)N(C2CCC(=O)NC2=O)C3=O)C1. The van der Waals surface area contributed by atoms with E-state index in [4.69, 9.17) is 28.4 Å². The van der Waals surface area contributed by atoms with Crippen molar-refractivity contribution in [1.29, 1.82) is 0 Å². The highest BCUT2D eigenvalue weighted by Crippen LogP contribution is 2.68. The third kappa shape index (κ3) is 13.6. The zero-order chi connectivity index (χ0) is 64.1. The minimum absolute atomic E-state index is 0.0161. The zero-order valence-electron chi connectivity index (χ0n) is 52.6. The number of hydrogen-bond donors (Lipinski definition) is 2. The van der Waals surface area contributed by atoms with Crippen LogP contribution in [0.15, 0.2) is 65.3 Å². The average molecular weight is 1260 g/mol. The van der Waals surface area contributed by atoms with E-state index in [1.54, 1.807) is 30.8 Å². The number of rotatable bonds is 24. The highest BCUT2D eigenvalue weighted by atomic mass is 16.6. The van der Waals surface area contributed by atoms with E-state index in [-0.39, 0.29) is 106 Å². The second-order valence-electron chi connectivity index (χ2n) is 25.2. The molecule has 4 aliphatic carbocycles. The first-order valence-corrected chi connectivity index (χ1v) is 32.3. The number of piperazine rings is 2. The molecule has 4 unspecified atom stereocenters. The van der Waals surface area contributed by atoms with Crippen LogP contribution in [0.5, 0.6) is 0 Å². The molecule has 490 valence electrons. The highest BCUT2D eigenvalue weighted by Gasteiger charge is 2.70. The number of amides is 9. The summed E-state index contributed by atoms with van der Waals surface area (Å²) < 4.78 is 33.8. The molecule has 1 spiro atoms. The molecule has 5 heterocycles. The van der Waals surface area contributed by atoms with Gasteiger partial charge in [0.1, 0.15) is 18.1 Å². The number of carbonyl (C=O) groups excluding carboxylic acids is 10. The Bertz CT molecular complexity index is 3230. The van der Waals surface area contributed by atoms with E-state index in [2.05, 4.69) is 39.8 Å². The van der Waals surface area contributed by atoms with Gasteiger partial charge in [-0.2, -0.15) is 0 Å². The monoisotopic (exact) mass is 1260 g/mol. The molecule has 25 nitrogen and oxygen atoms in total. The van der Waals surface area contributed by atoms with Crippen LogP contribution in [0.25, 0.3) is 0 Å². The number of ether oxygens (including phenoxy) is 6. The molecule has 2 aromatic carbocycles. The number of hydrogen-bond acceptors (Lipinski definition) is 18. The summed E-state index contributed by atoms with van der Waals surface area (Å²) in [4.78, 5) is 143. The third-order valence-electron chi connectivity index (χ3n) is 20.0. The van der Waals surface area contributed by atoms with E-state index >= 15 is 0 Å². The summed E-state index contributed by atoms with van der Waals surface area (Å²) in [5.74, 6) is -1.95. The Balaban J connectivity index is 0.618. The topological polar surface area (TPSA) is 276 Å². The molecule has 2 saturated carbocycles. The van der Waals surface area contributed by atoms with E-state index in [9.17, 15) is 47.9 Å². The quantitative estimate of drug-likeness (QED) is 0.0842. The Morgan fingerprint density at radius 3 is 2.11 bits per heavy atom. The van der Waals surface area contributed by atoms with Crippen molar-refractivity contribution < 1.29 is 76.4 Å². The molecule has 5 aliphatic heterocycles. The first-order chi connectivity index (χ1) is 44.0. The van der Waals surface area contributed by atoms with Crippen LogP contribution >= 0.6 is 0 Å². The maximum absolute atomic E-state index is 14.9. The van der Waals surface area contributed by atoms with Gasteiger partial charge in [-0.1, -0.05) is 23.8 Å². The summed E-state index contributed by atoms with van der Waals surface area (Å²) in [6.45, 7) is 3.21. The summed E-state index contributed by atoms with van der Waals surface area (Å²) in [5, 5.41) is 5.40. The molecule has 0 radical (unpaired) electrons. The van der Waals surface area contributed by atoms with Gasteiger partial charge in [-0.25, -0.2) is 9.59 Å². The van der Waals surface area contributed by atoms with Gasteiger partial charge >= 0.3 is 12.2 Å². The minimum Gasteiger partial charge on any atom is -0.453 e. The predicted octanol–water partition coefficient (Wildman–Crippen LogP) is 4.29. The number of fused-ring (bicyclic) bond motifs is 4. The Morgan fingerprint density at radius 1 is 0.714 bits per heavy atom. The molecule has 9 aliphatic rings. The largest absolute Gasteiger partial charge is 0.453 e. The number of likely N-dealkylation sites (N-methyl/N-ethyl adjacent to an activating group) is 1. The van der Waals surface area contributed by atoms with Gasteiger partial charge < -0.3 is 63.1 Å². The fourth-order valence-electron chi connectivity index (χ4n) is 15.3. The number of piperidine rings is 1. The van der Waals surface area contributed by atoms with Gasteiger partial charge in [-0.15, -0.1) is 0 Å². The number of methoxy groups -OCH3 is 2. The number of imide groups is 2. The van der Waals surface area contributed by atoms with Crippen LogP contribution in [0.4, 0.5) is 21.0 Å². The van der Waals surface area contributed by atoms with Crippen molar-refractivity contribution in [2.45, 2.75) is 119 Å². The molecule has 0 aromatic heterocycles. The van der Waals surface area contributed by atoms with Crippen LogP contribution in [0.1, 0.15) is 116 Å². The van der Waals surface area contributed by atoms with E-state index in [0.717, 1.165) is 42.7 Å². The Morgan fingerprint density at radius 2 is 1.41 bits per heavy atom. The molecular weight excluding hydrogens is 1170 g/mol. The molecule has 0 bridgehead atoms. The van der Waals surface area contributed by atoms with Crippen molar-refractivity contribution >= 4 is 70.7 Å². The maximum atomic E-state index is 14.9. The number of allylic oxidation sites excluding steroid dienone is 4. The summed E-state index contributed by atoms with van der Waals surface area (Å²) in [6.07, 6.45) is 9.48. The molecule has 91 heavy (non-hydrogen) atoms. The van der Waals surface area contributed by atoms with Crippen LogP contribution < -0.4 is 15.5 Å². The van der Waals surface area contributed by atoms with Crippen LogP contribution in [0, 0.1) is 11.8 Å². The second kappa shape index (κ2) is 28.4. The van der Waals surface area contributed by atoms with Crippen LogP contribution in [0.3, 0.4) is 0 Å². The molecule has 8 atom stereocenters. The van der Waals surface area contributed by atoms with Gasteiger partial charge in [0.05, 0.1) is 76.6 Å². The number of carbonyl (C=O) groups is 10. The number of epoxide rings is 1. The zero-order valence-corrected chi connectivity index (χ0v) is 52.6. The van der Waals surface area contributed by atoms with Crippen molar-refractivity contribution in [3.05, 3.63) is 82.0 Å². The van der Waals surface area contributed by atoms with E-state index in [1.807, 2.05) is 13.1 Å². The lowest BCUT2D eigenvalue weighted by Gasteiger charge is -2.46. The number of nitrogens with zero attached hydrogens (tertiary/aromatic N) is 7. The number of anilines is 2. The molecular formula is C66H85N9O16. The molecule has 25 heteroatoms. The molecule has 2 aromatic rings. The average Bonchev–Trinajstić information content (AvgIpc) is 1.53. The minimum atomic E-state index is -1.12. The normalized spacial score (nSPS) is 25.8. The lowest BCUT2D eigenvalue weighted by molar-refractivity contribution is -0.156. The summed E-state index contributed by atoms with van der Waals surface area (Å²) in [7, 11) is 6.13. The molecule has 4 saturated heterocycles. The van der Waals surface area contributed by atoms with E-state index < -0.39 is 65.8 Å². The number of nitrogens with one attached hydrogen (secondary N) is 2. The van der Waals surface area contributed by atoms with E-state index in [1.165, 1.54) is 61.8 Å². The third-order valence-corrected chi connectivity index (χ3v) is 20.0. The summed E-state index contributed by atoms with van der Waals surface area (Å²) in [5.41, 5.74) is 7.31. The van der Waals surface area contributed by atoms with Gasteiger partial charge in [0.2, 0.25) is 29.5 Å². The highest BCUT2D eigenvalue weighted by molar-refractivity contribution is 6.25. The van der Waals surface area contributed by atoms with Gasteiger partial charge in [-0.05, 0) is 123 Å². The predicted molar refractivity (Wildman–Crippen MR) is 329 cm³/mol. The van der Waals surface area contributed by atoms with Crippen LogP contribution in [-0.2, 0) is 57.2 Å². The summed E-state index contributed by atoms with van der Waals surface area (Å²) >= 11 is 0. The van der Waals surface area contributed by atoms with Gasteiger partial charge in [0.15, 0.2) is 5.78 Å². The molecule has 6 fully saturated rings. The van der Waals surface area contributed by atoms with E-state index in [0.29, 0.717) is 95.4 Å². The molecule has 2 N–H and O–H groups in total. The fraction of sp³-hybridized carbons (Fsp3) is 0.606. The summed E-state index contributed by atoms with van der Waals surface area (Å²) in [6, 6.07) is 10.4. The first-order valence-electron chi connectivity index (χ1n) is 32.3. The van der Waals surface area contributed by atoms with Crippen molar-refractivity contribution in [3.63, 3.8) is 0 Å². The van der Waals surface area contributed by atoms with Crippen molar-refractivity contribution in [1.82, 2.24) is 34.7 Å².